The van der Waals surface area contributed by atoms with Crippen LogP contribution >= 0.6 is 0 Å². The lowest BCUT2D eigenvalue weighted by molar-refractivity contribution is -0.132. The van der Waals surface area contributed by atoms with Gasteiger partial charge in [0.15, 0.2) is 0 Å². The summed E-state index contributed by atoms with van der Waals surface area (Å²) < 4.78 is 5.55. The molecule has 1 aliphatic rings. The molecule has 1 amide bonds. The summed E-state index contributed by atoms with van der Waals surface area (Å²) in [5, 5.41) is 3.30. The fourth-order valence-electron chi connectivity index (χ4n) is 2.18. The minimum absolute atomic E-state index is 0.205. The summed E-state index contributed by atoms with van der Waals surface area (Å²) in [5.74, 6) is 0.205. The molecule has 0 spiro atoms. The van der Waals surface area contributed by atoms with Gasteiger partial charge in [-0.3, -0.25) is 4.79 Å². The summed E-state index contributed by atoms with van der Waals surface area (Å²) in [6.07, 6.45) is 1.52. The molecule has 0 atom stereocenters. The molecule has 0 bridgehead atoms. The number of rotatable bonds is 5. The Balaban J connectivity index is 1.63. The van der Waals surface area contributed by atoms with Crippen LogP contribution in [0, 0.1) is 0 Å². The van der Waals surface area contributed by atoms with Gasteiger partial charge in [-0.25, -0.2) is 0 Å². The SMILES string of the molecule is O=C(CCOCc1ccccc1)N1CCCNCC1. The highest BCUT2D eigenvalue weighted by atomic mass is 16.5. The van der Waals surface area contributed by atoms with Crippen molar-refractivity contribution in [3.05, 3.63) is 35.9 Å². The van der Waals surface area contributed by atoms with Gasteiger partial charge in [-0.05, 0) is 18.5 Å². The second-order valence-corrected chi connectivity index (χ2v) is 4.77. The van der Waals surface area contributed by atoms with Crippen molar-refractivity contribution in [2.24, 2.45) is 0 Å². The van der Waals surface area contributed by atoms with Crippen molar-refractivity contribution in [1.29, 1.82) is 0 Å². The second kappa shape index (κ2) is 7.92. The van der Waals surface area contributed by atoms with Gasteiger partial charge in [0, 0.05) is 19.6 Å². The van der Waals surface area contributed by atoms with Crippen molar-refractivity contribution in [3.63, 3.8) is 0 Å². The topological polar surface area (TPSA) is 41.6 Å². The average molecular weight is 262 g/mol. The van der Waals surface area contributed by atoms with Crippen molar-refractivity contribution in [1.82, 2.24) is 10.2 Å². The predicted molar refractivity (Wildman–Crippen MR) is 74.8 cm³/mol. The zero-order chi connectivity index (χ0) is 13.3. The van der Waals surface area contributed by atoms with Gasteiger partial charge < -0.3 is 15.0 Å². The molecular weight excluding hydrogens is 240 g/mol. The van der Waals surface area contributed by atoms with Gasteiger partial charge in [0.1, 0.15) is 0 Å². The van der Waals surface area contributed by atoms with Gasteiger partial charge in [0.25, 0.3) is 0 Å². The summed E-state index contributed by atoms with van der Waals surface area (Å²) in [5.41, 5.74) is 1.15. The molecule has 1 fully saturated rings. The lowest BCUT2D eigenvalue weighted by Gasteiger charge is -2.19. The van der Waals surface area contributed by atoms with Crippen molar-refractivity contribution < 1.29 is 9.53 Å². The van der Waals surface area contributed by atoms with Crippen LogP contribution in [0.2, 0.25) is 0 Å². The van der Waals surface area contributed by atoms with Gasteiger partial charge in [-0.1, -0.05) is 30.3 Å². The monoisotopic (exact) mass is 262 g/mol. The molecule has 0 saturated carbocycles. The normalized spacial score (nSPS) is 16.1. The van der Waals surface area contributed by atoms with Gasteiger partial charge in [-0.2, -0.15) is 0 Å². The van der Waals surface area contributed by atoms with E-state index in [0.29, 0.717) is 19.6 Å². The summed E-state index contributed by atoms with van der Waals surface area (Å²) >= 11 is 0. The summed E-state index contributed by atoms with van der Waals surface area (Å²) in [4.78, 5) is 13.9. The van der Waals surface area contributed by atoms with E-state index < -0.39 is 0 Å². The average Bonchev–Trinajstić information content (AvgIpc) is 2.73. The molecule has 1 aromatic rings. The van der Waals surface area contributed by atoms with Crippen LogP contribution in [0.3, 0.4) is 0 Å². The van der Waals surface area contributed by atoms with Crippen molar-refractivity contribution >= 4 is 5.91 Å². The first kappa shape index (κ1) is 14.0. The van der Waals surface area contributed by atoms with E-state index in [0.717, 1.165) is 38.2 Å². The Bertz CT molecular complexity index is 373. The number of carbonyl (C=O) groups is 1. The third-order valence-corrected chi connectivity index (χ3v) is 3.26. The third-order valence-electron chi connectivity index (χ3n) is 3.26. The van der Waals surface area contributed by atoms with E-state index in [1.807, 2.05) is 35.2 Å². The quantitative estimate of drug-likeness (QED) is 0.816. The number of benzene rings is 1. The van der Waals surface area contributed by atoms with E-state index in [9.17, 15) is 4.79 Å². The Morgan fingerprint density at radius 3 is 2.89 bits per heavy atom. The Kier molecular flexibility index (Phi) is 5.85. The molecule has 1 saturated heterocycles. The van der Waals surface area contributed by atoms with E-state index in [1.54, 1.807) is 0 Å². The maximum atomic E-state index is 12.0. The molecule has 1 aromatic carbocycles. The van der Waals surface area contributed by atoms with Crippen LogP contribution < -0.4 is 5.32 Å². The molecule has 1 heterocycles. The maximum Gasteiger partial charge on any atom is 0.224 e. The van der Waals surface area contributed by atoms with Crippen molar-refractivity contribution in [2.75, 3.05) is 32.8 Å². The highest BCUT2D eigenvalue weighted by Gasteiger charge is 2.14. The largest absolute Gasteiger partial charge is 0.376 e. The van der Waals surface area contributed by atoms with E-state index in [2.05, 4.69) is 5.32 Å². The number of nitrogens with one attached hydrogen (secondary N) is 1. The zero-order valence-electron chi connectivity index (χ0n) is 11.3. The number of ether oxygens (including phenoxy) is 1. The van der Waals surface area contributed by atoms with Crippen molar-refractivity contribution in [2.45, 2.75) is 19.4 Å². The molecule has 1 aliphatic heterocycles. The molecular formula is C15H22N2O2. The van der Waals surface area contributed by atoms with Crippen LogP contribution in [0.15, 0.2) is 30.3 Å². The van der Waals surface area contributed by atoms with Gasteiger partial charge >= 0.3 is 0 Å². The van der Waals surface area contributed by atoms with Crippen LogP contribution in [0.1, 0.15) is 18.4 Å². The molecule has 0 aliphatic carbocycles. The van der Waals surface area contributed by atoms with Crippen LogP contribution in [0.25, 0.3) is 0 Å². The summed E-state index contributed by atoms with van der Waals surface area (Å²) in [6.45, 7) is 4.67. The predicted octanol–water partition coefficient (Wildman–Crippen LogP) is 1.42. The first-order chi connectivity index (χ1) is 9.36. The Labute approximate surface area is 114 Å². The minimum Gasteiger partial charge on any atom is -0.376 e. The molecule has 1 N–H and O–H groups in total. The molecule has 4 heteroatoms. The summed E-state index contributed by atoms with van der Waals surface area (Å²) in [6, 6.07) is 10.0. The van der Waals surface area contributed by atoms with Gasteiger partial charge in [0.2, 0.25) is 5.91 Å². The maximum absolute atomic E-state index is 12.0. The van der Waals surface area contributed by atoms with E-state index in [-0.39, 0.29) is 5.91 Å². The molecule has 0 radical (unpaired) electrons. The lowest BCUT2D eigenvalue weighted by Crippen LogP contribution is -2.34. The Morgan fingerprint density at radius 2 is 2.05 bits per heavy atom. The smallest absolute Gasteiger partial charge is 0.224 e. The fraction of sp³-hybridized carbons (Fsp3) is 0.533. The molecule has 4 nitrogen and oxygen atoms in total. The number of hydrogen-bond acceptors (Lipinski definition) is 3. The first-order valence-corrected chi connectivity index (χ1v) is 6.96. The van der Waals surface area contributed by atoms with Crippen LogP contribution in [-0.4, -0.2) is 43.6 Å². The minimum atomic E-state index is 0.205. The second-order valence-electron chi connectivity index (χ2n) is 4.77. The van der Waals surface area contributed by atoms with Crippen LogP contribution in [0.4, 0.5) is 0 Å². The van der Waals surface area contributed by atoms with E-state index in [1.165, 1.54) is 0 Å². The van der Waals surface area contributed by atoms with Crippen LogP contribution in [0.5, 0.6) is 0 Å². The highest BCUT2D eigenvalue weighted by Crippen LogP contribution is 2.03. The standard InChI is InChI=1S/C15H22N2O2/c18-15(17-10-4-8-16-9-11-17)7-12-19-13-14-5-2-1-3-6-14/h1-3,5-6,16H,4,7-13H2. The van der Waals surface area contributed by atoms with E-state index >= 15 is 0 Å². The first-order valence-electron chi connectivity index (χ1n) is 6.96. The zero-order valence-corrected chi connectivity index (χ0v) is 11.3. The number of hydrogen-bond donors (Lipinski definition) is 1. The lowest BCUT2D eigenvalue weighted by atomic mass is 10.2. The fourth-order valence-corrected chi connectivity index (χ4v) is 2.18. The Hall–Kier alpha value is -1.39. The number of amides is 1. The summed E-state index contributed by atoms with van der Waals surface area (Å²) in [7, 11) is 0. The van der Waals surface area contributed by atoms with Crippen LogP contribution in [-0.2, 0) is 16.1 Å². The molecule has 0 aromatic heterocycles. The Morgan fingerprint density at radius 1 is 1.21 bits per heavy atom. The molecule has 19 heavy (non-hydrogen) atoms. The number of nitrogens with zero attached hydrogens (tertiary/aromatic N) is 1. The number of carbonyl (C=O) groups excluding carboxylic acids is 1. The van der Waals surface area contributed by atoms with E-state index in [4.69, 9.17) is 4.74 Å². The third kappa shape index (κ3) is 5.01. The molecule has 2 rings (SSSR count). The van der Waals surface area contributed by atoms with Gasteiger partial charge in [0.05, 0.1) is 19.6 Å². The van der Waals surface area contributed by atoms with Gasteiger partial charge in [-0.15, -0.1) is 0 Å². The molecule has 104 valence electrons. The highest BCUT2D eigenvalue weighted by molar-refractivity contribution is 5.76. The molecule has 0 unspecified atom stereocenters. The van der Waals surface area contributed by atoms with Crippen molar-refractivity contribution in [3.8, 4) is 0 Å².